The molecule has 0 aliphatic heterocycles. The molecule has 2 saturated carbocycles. The molecule has 0 radical (unpaired) electrons. The van der Waals surface area contributed by atoms with Crippen molar-refractivity contribution in [1.82, 2.24) is 0 Å². The third-order valence-electron chi connectivity index (χ3n) is 8.13. The van der Waals surface area contributed by atoms with E-state index in [1.807, 2.05) is 0 Å². The highest BCUT2D eigenvalue weighted by atomic mass is 19.2. The molecule has 0 bridgehead atoms. The summed E-state index contributed by atoms with van der Waals surface area (Å²) in [5, 5.41) is 0. The molecule has 1 aromatic rings. The van der Waals surface area contributed by atoms with Crippen molar-refractivity contribution in [3.8, 4) is 0 Å². The lowest BCUT2D eigenvalue weighted by molar-refractivity contribution is 0.222. The molecular formula is C29H43F3. The Balaban J connectivity index is 1.27. The molecule has 0 aromatic heterocycles. The first-order valence-corrected chi connectivity index (χ1v) is 13.4. The minimum absolute atomic E-state index is 0.174. The molecule has 0 amide bonds. The van der Waals surface area contributed by atoms with Gasteiger partial charge in [-0.3, -0.25) is 0 Å². The highest BCUT2D eigenvalue weighted by Crippen LogP contribution is 2.40. The van der Waals surface area contributed by atoms with Crippen LogP contribution in [0.5, 0.6) is 0 Å². The van der Waals surface area contributed by atoms with Gasteiger partial charge in [0.1, 0.15) is 0 Å². The first-order chi connectivity index (χ1) is 15.6. The van der Waals surface area contributed by atoms with E-state index in [0.29, 0.717) is 5.56 Å². The molecular weight excluding hydrogens is 405 g/mol. The standard InChI is InChI=1S/C29H43F3/c1-2-3-4-5-6-7-8-9-22-10-12-23(13-11-22)14-15-24-16-18-25(19-17-24)26-20-27(30)29(32)28(31)21-26/h4-5,20-25H,2-3,6-19H2,1H3/b5-4+/t22-,23-,24-,25-. The Morgan fingerprint density at radius 1 is 0.688 bits per heavy atom. The van der Waals surface area contributed by atoms with E-state index < -0.39 is 17.5 Å². The maximum Gasteiger partial charge on any atom is 0.194 e. The van der Waals surface area contributed by atoms with Crippen LogP contribution in [0.4, 0.5) is 13.2 Å². The third kappa shape index (κ3) is 7.96. The summed E-state index contributed by atoms with van der Waals surface area (Å²) in [4.78, 5) is 0. The van der Waals surface area contributed by atoms with Crippen LogP contribution in [0.3, 0.4) is 0 Å². The molecule has 0 nitrogen and oxygen atoms in total. The van der Waals surface area contributed by atoms with Crippen molar-refractivity contribution in [3.05, 3.63) is 47.3 Å². The van der Waals surface area contributed by atoms with E-state index in [2.05, 4.69) is 19.1 Å². The number of unbranched alkanes of at least 4 members (excludes halogenated alkanes) is 3. The summed E-state index contributed by atoms with van der Waals surface area (Å²) in [6.07, 6.45) is 25.1. The molecule has 0 atom stereocenters. The SMILES string of the molecule is CCC/C=C/CCCC[C@H]1CC[C@H](CC[C@H]2CC[C@H](c3cc(F)c(F)c(F)c3)CC2)CC1. The lowest BCUT2D eigenvalue weighted by atomic mass is 9.74. The van der Waals surface area contributed by atoms with E-state index >= 15 is 0 Å². The first-order valence-electron chi connectivity index (χ1n) is 13.4. The Bertz CT molecular complexity index is 671. The van der Waals surface area contributed by atoms with Gasteiger partial charge in [0.25, 0.3) is 0 Å². The number of hydrogen-bond acceptors (Lipinski definition) is 0. The van der Waals surface area contributed by atoms with Gasteiger partial charge in [0, 0.05) is 0 Å². The summed E-state index contributed by atoms with van der Waals surface area (Å²) >= 11 is 0. The second kappa shape index (κ2) is 13.5. The Kier molecular flexibility index (Phi) is 10.7. The Labute approximate surface area is 194 Å². The fourth-order valence-electron chi connectivity index (χ4n) is 5.97. The number of rotatable bonds is 11. The summed E-state index contributed by atoms with van der Waals surface area (Å²) in [6, 6.07) is 2.40. The van der Waals surface area contributed by atoms with Crippen LogP contribution in [0.25, 0.3) is 0 Å². The Morgan fingerprint density at radius 3 is 1.75 bits per heavy atom. The monoisotopic (exact) mass is 448 g/mol. The van der Waals surface area contributed by atoms with Gasteiger partial charge in [0.05, 0.1) is 0 Å². The van der Waals surface area contributed by atoms with E-state index in [1.54, 1.807) is 0 Å². The van der Waals surface area contributed by atoms with Crippen LogP contribution < -0.4 is 0 Å². The maximum atomic E-state index is 13.6. The fraction of sp³-hybridized carbons (Fsp3) is 0.724. The minimum atomic E-state index is -1.35. The van der Waals surface area contributed by atoms with Crippen molar-refractivity contribution in [2.45, 2.75) is 116 Å². The molecule has 1 aromatic carbocycles. The van der Waals surface area contributed by atoms with Gasteiger partial charge in [-0.05, 0) is 86.3 Å². The average molecular weight is 449 g/mol. The highest BCUT2D eigenvalue weighted by Gasteiger charge is 2.26. The predicted octanol–water partition coefficient (Wildman–Crippen LogP) is 9.88. The van der Waals surface area contributed by atoms with E-state index in [9.17, 15) is 13.2 Å². The highest BCUT2D eigenvalue weighted by molar-refractivity contribution is 5.23. The molecule has 32 heavy (non-hydrogen) atoms. The Hall–Kier alpha value is -1.25. The van der Waals surface area contributed by atoms with Gasteiger partial charge in [-0.1, -0.05) is 76.9 Å². The summed E-state index contributed by atoms with van der Waals surface area (Å²) in [5.41, 5.74) is 0.634. The molecule has 0 unspecified atom stereocenters. The van der Waals surface area contributed by atoms with Gasteiger partial charge in [0.2, 0.25) is 0 Å². The summed E-state index contributed by atoms with van der Waals surface area (Å²) < 4.78 is 40.3. The quantitative estimate of drug-likeness (QED) is 0.179. The summed E-state index contributed by atoms with van der Waals surface area (Å²) in [5.74, 6) is -0.674. The second-order valence-corrected chi connectivity index (χ2v) is 10.5. The number of benzene rings is 1. The molecule has 2 aliphatic carbocycles. The third-order valence-corrected chi connectivity index (χ3v) is 8.13. The normalized spacial score (nSPS) is 26.6. The lowest BCUT2D eigenvalue weighted by Gasteiger charge is -2.32. The molecule has 2 fully saturated rings. The second-order valence-electron chi connectivity index (χ2n) is 10.5. The van der Waals surface area contributed by atoms with E-state index in [-0.39, 0.29) is 5.92 Å². The zero-order valence-electron chi connectivity index (χ0n) is 20.1. The number of allylic oxidation sites excluding steroid dienone is 2. The van der Waals surface area contributed by atoms with Gasteiger partial charge >= 0.3 is 0 Å². The van der Waals surface area contributed by atoms with Crippen LogP contribution in [-0.2, 0) is 0 Å². The first kappa shape index (κ1) is 25.4. The van der Waals surface area contributed by atoms with Crippen LogP contribution in [0.1, 0.15) is 121 Å². The molecule has 180 valence electrons. The average Bonchev–Trinajstić information content (AvgIpc) is 2.81. The molecule has 0 spiro atoms. The largest absolute Gasteiger partial charge is 0.204 e. The molecule has 0 N–H and O–H groups in total. The molecule has 2 aliphatic rings. The smallest absolute Gasteiger partial charge is 0.194 e. The van der Waals surface area contributed by atoms with E-state index in [1.165, 1.54) is 89.2 Å². The topological polar surface area (TPSA) is 0 Å². The van der Waals surface area contributed by atoms with Crippen molar-refractivity contribution in [2.24, 2.45) is 17.8 Å². The maximum absolute atomic E-state index is 13.6. The van der Waals surface area contributed by atoms with Crippen molar-refractivity contribution in [3.63, 3.8) is 0 Å². The number of hydrogen-bond donors (Lipinski definition) is 0. The summed E-state index contributed by atoms with van der Waals surface area (Å²) in [7, 11) is 0. The van der Waals surface area contributed by atoms with Crippen LogP contribution in [0, 0.1) is 35.2 Å². The Morgan fingerprint density at radius 2 is 1.19 bits per heavy atom. The van der Waals surface area contributed by atoms with Crippen molar-refractivity contribution in [2.75, 3.05) is 0 Å². The molecule has 0 heterocycles. The van der Waals surface area contributed by atoms with Crippen molar-refractivity contribution in [1.29, 1.82) is 0 Å². The number of halogens is 3. The van der Waals surface area contributed by atoms with Crippen LogP contribution in [0.2, 0.25) is 0 Å². The molecule has 3 heteroatoms. The van der Waals surface area contributed by atoms with E-state index in [4.69, 9.17) is 0 Å². The van der Waals surface area contributed by atoms with Crippen LogP contribution in [0.15, 0.2) is 24.3 Å². The summed E-state index contributed by atoms with van der Waals surface area (Å²) in [6.45, 7) is 2.23. The van der Waals surface area contributed by atoms with Gasteiger partial charge < -0.3 is 0 Å². The lowest BCUT2D eigenvalue weighted by Crippen LogP contribution is -2.18. The van der Waals surface area contributed by atoms with Gasteiger partial charge in [-0.15, -0.1) is 0 Å². The van der Waals surface area contributed by atoms with Crippen LogP contribution >= 0.6 is 0 Å². The van der Waals surface area contributed by atoms with Crippen molar-refractivity contribution < 1.29 is 13.2 Å². The molecule has 0 saturated heterocycles. The van der Waals surface area contributed by atoms with Gasteiger partial charge in [-0.25, -0.2) is 13.2 Å². The van der Waals surface area contributed by atoms with Gasteiger partial charge in [0.15, 0.2) is 17.5 Å². The van der Waals surface area contributed by atoms with E-state index in [0.717, 1.165) is 43.4 Å². The zero-order valence-corrected chi connectivity index (χ0v) is 20.1. The minimum Gasteiger partial charge on any atom is -0.204 e. The van der Waals surface area contributed by atoms with Gasteiger partial charge in [-0.2, -0.15) is 0 Å². The fourth-order valence-corrected chi connectivity index (χ4v) is 5.97. The predicted molar refractivity (Wildman–Crippen MR) is 128 cm³/mol. The zero-order chi connectivity index (χ0) is 22.8. The van der Waals surface area contributed by atoms with Crippen molar-refractivity contribution >= 4 is 0 Å². The molecule has 3 rings (SSSR count). The van der Waals surface area contributed by atoms with Crippen LogP contribution in [-0.4, -0.2) is 0 Å².